The van der Waals surface area contributed by atoms with Crippen molar-refractivity contribution in [2.24, 2.45) is 0 Å². The average molecular weight is 172 g/mol. The molecule has 0 atom stereocenters. The van der Waals surface area contributed by atoms with Gasteiger partial charge in [0.2, 0.25) is 0 Å². The van der Waals surface area contributed by atoms with Crippen molar-refractivity contribution >= 4 is 17.0 Å². The van der Waals surface area contributed by atoms with Crippen LogP contribution in [0.1, 0.15) is 18.9 Å². The lowest BCUT2D eigenvalue weighted by molar-refractivity contribution is 1.12. The molecule has 0 radical (unpaired) electrons. The molecule has 0 saturated carbocycles. The largest absolute Gasteiger partial charge is 0.278 e. The summed E-state index contributed by atoms with van der Waals surface area (Å²) in [6.45, 7) is 2.13. The van der Waals surface area contributed by atoms with Gasteiger partial charge in [0.05, 0.1) is 11.7 Å². The summed E-state index contributed by atoms with van der Waals surface area (Å²) in [7, 11) is 0. The number of hydrogen-bond donors (Lipinski definition) is 1. The zero-order valence-corrected chi connectivity index (χ0v) is 7.62. The highest BCUT2D eigenvalue weighted by atomic mass is 15.1. The van der Waals surface area contributed by atoms with E-state index in [0.717, 1.165) is 17.3 Å². The Hall–Kier alpha value is -1.57. The molecule has 2 aromatic rings. The summed E-state index contributed by atoms with van der Waals surface area (Å²) in [4.78, 5) is 0. The van der Waals surface area contributed by atoms with Gasteiger partial charge in [0.1, 0.15) is 0 Å². The van der Waals surface area contributed by atoms with Gasteiger partial charge >= 0.3 is 0 Å². The third-order valence-corrected chi connectivity index (χ3v) is 2.01. The Kier molecular flexibility index (Phi) is 2.13. The van der Waals surface area contributed by atoms with Crippen LogP contribution in [-0.2, 0) is 0 Å². The number of H-pyrrole nitrogens is 1. The van der Waals surface area contributed by atoms with Gasteiger partial charge in [-0.3, -0.25) is 5.10 Å². The predicted octanol–water partition coefficient (Wildman–Crippen LogP) is 2.99. The molecular weight excluding hydrogens is 160 g/mol. The van der Waals surface area contributed by atoms with E-state index < -0.39 is 0 Å². The Labute approximate surface area is 77.3 Å². The van der Waals surface area contributed by atoms with E-state index in [1.54, 1.807) is 0 Å². The van der Waals surface area contributed by atoms with Crippen LogP contribution in [0.5, 0.6) is 0 Å². The number of benzene rings is 1. The summed E-state index contributed by atoms with van der Waals surface area (Å²) in [5.74, 6) is 0. The van der Waals surface area contributed by atoms with E-state index in [-0.39, 0.29) is 0 Å². The van der Waals surface area contributed by atoms with Gasteiger partial charge in [-0.25, -0.2) is 0 Å². The third-order valence-electron chi connectivity index (χ3n) is 2.01. The zero-order valence-electron chi connectivity index (χ0n) is 7.62. The summed E-state index contributed by atoms with van der Waals surface area (Å²) in [6, 6.07) is 6.28. The molecule has 13 heavy (non-hydrogen) atoms. The van der Waals surface area contributed by atoms with Crippen molar-refractivity contribution in [2.45, 2.75) is 13.3 Å². The third kappa shape index (κ3) is 1.61. The number of rotatable bonds is 2. The van der Waals surface area contributed by atoms with Crippen molar-refractivity contribution in [2.75, 3.05) is 0 Å². The lowest BCUT2D eigenvalue weighted by Gasteiger charge is -1.92. The van der Waals surface area contributed by atoms with Crippen LogP contribution < -0.4 is 0 Å². The summed E-state index contributed by atoms with van der Waals surface area (Å²) in [6.07, 6.45) is 7.18. The minimum absolute atomic E-state index is 1.07. The van der Waals surface area contributed by atoms with Gasteiger partial charge in [-0.15, -0.1) is 0 Å². The molecule has 0 aliphatic rings. The van der Waals surface area contributed by atoms with Gasteiger partial charge < -0.3 is 0 Å². The van der Waals surface area contributed by atoms with Crippen molar-refractivity contribution in [3.05, 3.63) is 36.0 Å². The fourth-order valence-corrected chi connectivity index (χ4v) is 1.31. The number of fused-ring (bicyclic) bond motifs is 1. The zero-order chi connectivity index (χ0) is 9.10. The first-order valence-corrected chi connectivity index (χ1v) is 4.50. The first-order chi connectivity index (χ1) is 6.40. The van der Waals surface area contributed by atoms with Gasteiger partial charge in [0.15, 0.2) is 0 Å². The highest BCUT2D eigenvalue weighted by Crippen LogP contribution is 2.13. The summed E-state index contributed by atoms with van der Waals surface area (Å²) in [5, 5.41) is 8.09. The van der Waals surface area contributed by atoms with E-state index >= 15 is 0 Å². The lowest BCUT2D eigenvalue weighted by Crippen LogP contribution is -1.72. The fraction of sp³-hybridized carbons (Fsp3) is 0.182. The maximum Gasteiger partial charge on any atom is 0.0656 e. The predicted molar refractivity (Wildman–Crippen MR) is 55.4 cm³/mol. The Morgan fingerprint density at radius 2 is 2.38 bits per heavy atom. The quantitative estimate of drug-likeness (QED) is 0.741. The van der Waals surface area contributed by atoms with E-state index in [1.807, 2.05) is 6.20 Å². The van der Waals surface area contributed by atoms with Crippen molar-refractivity contribution < 1.29 is 0 Å². The molecule has 1 aromatic heterocycles. The van der Waals surface area contributed by atoms with Crippen molar-refractivity contribution in [1.29, 1.82) is 0 Å². The van der Waals surface area contributed by atoms with Crippen molar-refractivity contribution in [3.8, 4) is 0 Å². The molecule has 0 saturated heterocycles. The highest BCUT2D eigenvalue weighted by Gasteiger charge is 1.94. The molecule has 0 aliphatic carbocycles. The van der Waals surface area contributed by atoms with E-state index in [1.165, 1.54) is 5.56 Å². The van der Waals surface area contributed by atoms with Crippen LogP contribution in [-0.4, -0.2) is 10.2 Å². The summed E-state index contributed by atoms with van der Waals surface area (Å²) >= 11 is 0. The van der Waals surface area contributed by atoms with Crippen molar-refractivity contribution in [1.82, 2.24) is 10.2 Å². The molecule has 0 fully saturated rings. The minimum Gasteiger partial charge on any atom is -0.278 e. The smallest absolute Gasteiger partial charge is 0.0656 e. The SMILES string of the molecule is CC/C=C/c1ccc2cn[nH]c2c1. The number of allylic oxidation sites excluding steroid dienone is 1. The van der Waals surface area contributed by atoms with Crippen LogP contribution in [0.25, 0.3) is 17.0 Å². The Morgan fingerprint density at radius 3 is 3.23 bits per heavy atom. The van der Waals surface area contributed by atoms with Crippen LogP contribution in [0.2, 0.25) is 0 Å². The number of hydrogen-bond acceptors (Lipinski definition) is 1. The Bertz CT molecular complexity index is 426. The molecule has 1 heterocycles. The van der Waals surface area contributed by atoms with Crippen LogP contribution >= 0.6 is 0 Å². The molecule has 0 unspecified atom stereocenters. The Balaban J connectivity index is 2.42. The molecule has 1 aromatic carbocycles. The van der Waals surface area contributed by atoms with Gasteiger partial charge in [-0.2, -0.15) is 5.10 Å². The van der Waals surface area contributed by atoms with Gasteiger partial charge in [0, 0.05) is 5.39 Å². The second kappa shape index (κ2) is 3.44. The second-order valence-corrected chi connectivity index (χ2v) is 3.03. The van der Waals surface area contributed by atoms with Gasteiger partial charge in [-0.1, -0.05) is 31.2 Å². The van der Waals surface area contributed by atoms with E-state index in [9.17, 15) is 0 Å². The maximum atomic E-state index is 3.97. The summed E-state index contributed by atoms with van der Waals surface area (Å²) < 4.78 is 0. The van der Waals surface area contributed by atoms with E-state index in [4.69, 9.17) is 0 Å². The molecule has 0 bridgehead atoms. The van der Waals surface area contributed by atoms with Crippen LogP contribution in [0.15, 0.2) is 30.5 Å². The fourth-order valence-electron chi connectivity index (χ4n) is 1.31. The molecule has 2 nitrogen and oxygen atoms in total. The summed E-state index contributed by atoms with van der Waals surface area (Å²) in [5.41, 5.74) is 2.32. The maximum absolute atomic E-state index is 3.97. The van der Waals surface area contributed by atoms with E-state index in [2.05, 4.69) is 47.5 Å². The van der Waals surface area contributed by atoms with Gasteiger partial charge in [-0.05, 0) is 18.1 Å². The average Bonchev–Trinajstić information content (AvgIpc) is 2.61. The standard InChI is InChI=1S/C11H12N2/c1-2-3-4-9-5-6-10-8-12-13-11(10)7-9/h3-8H,2H2,1H3,(H,12,13)/b4-3+. The van der Waals surface area contributed by atoms with Crippen LogP contribution in [0.3, 0.4) is 0 Å². The number of aromatic amines is 1. The normalized spacial score (nSPS) is 11.5. The molecule has 1 N–H and O–H groups in total. The highest BCUT2D eigenvalue weighted by molar-refractivity contribution is 5.80. The molecule has 0 amide bonds. The molecule has 2 rings (SSSR count). The van der Waals surface area contributed by atoms with Crippen LogP contribution in [0.4, 0.5) is 0 Å². The lowest BCUT2D eigenvalue weighted by atomic mass is 10.1. The minimum atomic E-state index is 1.07. The second-order valence-electron chi connectivity index (χ2n) is 3.03. The first-order valence-electron chi connectivity index (χ1n) is 4.50. The monoisotopic (exact) mass is 172 g/mol. The van der Waals surface area contributed by atoms with Crippen LogP contribution in [0, 0.1) is 0 Å². The molecule has 2 heteroatoms. The van der Waals surface area contributed by atoms with Crippen molar-refractivity contribution in [3.63, 3.8) is 0 Å². The molecular formula is C11H12N2. The first kappa shape index (κ1) is 8.05. The molecule has 0 aliphatic heterocycles. The molecule has 66 valence electrons. The Morgan fingerprint density at radius 1 is 1.46 bits per heavy atom. The molecule has 0 spiro atoms. The van der Waals surface area contributed by atoms with E-state index in [0.29, 0.717) is 0 Å². The number of nitrogens with zero attached hydrogens (tertiary/aromatic N) is 1. The number of aromatic nitrogens is 2. The topological polar surface area (TPSA) is 28.7 Å². The number of nitrogens with one attached hydrogen (secondary N) is 1. The van der Waals surface area contributed by atoms with Gasteiger partial charge in [0.25, 0.3) is 0 Å².